The van der Waals surface area contributed by atoms with Gasteiger partial charge in [0.1, 0.15) is 4.60 Å². The number of rotatable bonds is 2. The molecule has 5 nitrogen and oxygen atoms in total. The molecule has 1 aromatic carbocycles. The molecular weight excluding hydrogens is 355 g/mol. The lowest BCUT2D eigenvalue weighted by molar-refractivity contribution is 0.102. The molecule has 1 amide bonds. The maximum absolute atomic E-state index is 12.0. The van der Waals surface area contributed by atoms with Crippen molar-refractivity contribution < 1.29 is 4.79 Å². The Labute approximate surface area is 127 Å². The quantitative estimate of drug-likeness (QED) is 0.803. The Balaban J connectivity index is 2.23. The van der Waals surface area contributed by atoms with Gasteiger partial charge < -0.3 is 11.1 Å². The number of benzene rings is 1. The molecule has 0 saturated heterocycles. The Morgan fingerprint density at radius 1 is 1.26 bits per heavy atom. The van der Waals surface area contributed by atoms with Crippen molar-refractivity contribution in [3.05, 3.63) is 44.7 Å². The molecule has 0 saturated carbocycles. The normalized spacial score (nSPS) is 10.3. The molecule has 1 heterocycles. The van der Waals surface area contributed by atoms with Crippen molar-refractivity contribution in [2.45, 2.75) is 0 Å². The number of nitrogen functional groups attached to an aromatic ring is 1. The summed E-state index contributed by atoms with van der Waals surface area (Å²) in [6.45, 7) is 0. The van der Waals surface area contributed by atoms with Crippen molar-refractivity contribution in [3.8, 4) is 0 Å². The minimum Gasteiger partial charge on any atom is -0.397 e. The average molecular weight is 362 g/mol. The number of carbonyl (C=O) groups excluding carboxylic acids is 1. The van der Waals surface area contributed by atoms with Crippen LogP contribution in [0.2, 0.25) is 10.0 Å². The zero-order valence-electron chi connectivity index (χ0n) is 9.32. The van der Waals surface area contributed by atoms with Crippen molar-refractivity contribution in [2.24, 2.45) is 0 Å². The van der Waals surface area contributed by atoms with Gasteiger partial charge in [-0.25, -0.2) is 9.97 Å². The van der Waals surface area contributed by atoms with Crippen LogP contribution >= 0.6 is 39.1 Å². The lowest BCUT2D eigenvalue weighted by Gasteiger charge is -2.07. The minimum atomic E-state index is -0.401. The third-order valence-corrected chi connectivity index (χ3v) is 3.41. The molecule has 3 N–H and O–H groups in total. The maximum Gasteiger partial charge on any atom is 0.256 e. The number of hydrogen-bond donors (Lipinski definition) is 2. The molecule has 0 spiro atoms. The largest absolute Gasteiger partial charge is 0.397 e. The van der Waals surface area contributed by atoms with E-state index >= 15 is 0 Å². The second kappa shape index (κ2) is 5.73. The molecule has 0 unspecified atom stereocenters. The van der Waals surface area contributed by atoms with Crippen LogP contribution in [-0.4, -0.2) is 15.9 Å². The van der Waals surface area contributed by atoms with Gasteiger partial charge in [0.05, 0.1) is 28.1 Å². The molecule has 98 valence electrons. The van der Waals surface area contributed by atoms with E-state index in [1.807, 2.05) is 0 Å². The van der Waals surface area contributed by atoms with Crippen LogP contribution in [0.1, 0.15) is 10.4 Å². The van der Waals surface area contributed by atoms with Crippen LogP contribution in [0.25, 0.3) is 0 Å². The first-order chi connectivity index (χ1) is 8.97. The number of nitrogens with two attached hydrogens (primary N) is 1. The highest BCUT2D eigenvalue weighted by molar-refractivity contribution is 9.10. The smallest absolute Gasteiger partial charge is 0.256 e. The summed E-state index contributed by atoms with van der Waals surface area (Å²) in [6, 6.07) is 2.87. The maximum atomic E-state index is 12.0. The van der Waals surface area contributed by atoms with E-state index < -0.39 is 5.91 Å². The van der Waals surface area contributed by atoms with E-state index in [0.717, 1.165) is 0 Å². The van der Waals surface area contributed by atoms with E-state index in [4.69, 9.17) is 28.9 Å². The summed E-state index contributed by atoms with van der Waals surface area (Å²) in [5, 5.41) is 3.01. The van der Waals surface area contributed by atoms with E-state index in [2.05, 4.69) is 31.2 Å². The first-order valence-corrected chi connectivity index (χ1v) is 6.55. The van der Waals surface area contributed by atoms with Gasteiger partial charge in [-0.15, -0.1) is 0 Å². The molecule has 0 fully saturated rings. The number of halogens is 3. The highest BCUT2D eigenvalue weighted by Crippen LogP contribution is 2.29. The SMILES string of the molecule is Nc1cc(C(=O)Nc2cnc(Br)cn2)cc(Cl)c1Cl. The van der Waals surface area contributed by atoms with Crippen LogP contribution in [0.3, 0.4) is 0 Å². The summed E-state index contributed by atoms with van der Waals surface area (Å²) < 4.78 is 0.573. The number of hydrogen-bond acceptors (Lipinski definition) is 4. The fourth-order valence-electron chi connectivity index (χ4n) is 1.31. The molecule has 0 bridgehead atoms. The van der Waals surface area contributed by atoms with Crippen molar-refractivity contribution in [1.82, 2.24) is 9.97 Å². The number of aromatic nitrogens is 2. The predicted octanol–water partition coefficient (Wildman–Crippen LogP) is 3.38. The van der Waals surface area contributed by atoms with Crippen LogP contribution in [-0.2, 0) is 0 Å². The molecule has 0 aliphatic carbocycles. The molecule has 1 aromatic heterocycles. The van der Waals surface area contributed by atoms with Gasteiger partial charge in [-0.2, -0.15) is 0 Å². The molecule has 2 rings (SSSR count). The third-order valence-electron chi connectivity index (χ3n) is 2.18. The first kappa shape index (κ1) is 14.0. The summed E-state index contributed by atoms with van der Waals surface area (Å²) >= 11 is 14.8. The predicted molar refractivity (Wildman–Crippen MR) is 78.6 cm³/mol. The molecule has 0 aliphatic heterocycles. The van der Waals surface area contributed by atoms with E-state index in [1.165, 1.54) is 24.5 Å². The molecule has 0 radical (unpaired) electrons. The van der Waals surface area contributed by atoms with Crippen LogP contribution in [0.15, 0.2) is 29.1 Å². The molecule has 0 atom stereocenters. The zero-order valence-corrected chi connectivity index (χ0v) is 12.4. The third kappa shape index (κ3) is 3.34. The number of nitrogens with zero attached hydrogens (tertiary/aromatic N) is 2. The number of amides is 1. The summed E-state index contributed by atoms with van der Waals surface area (Å²) in [5.74, 6) is -0.0836. The van der Waals surface area contributed by atoms with Gasteiger partial charge in [-0.1, -0.05) is 23.2 Å². The molecule has 2 aromatic rings. The fourth-order valence-corrected chi connectivity index (χ4v) is 1.85. The Morgan fingerprint density at radius 3 is 2.58 bits per heavy atom. The summed E-state index contributed by atoms with van der Waals surface area (Å²) in [7, 11) is 0. The van der Waals surface area contributed by atoms with Crippen molar-refractivity contribution in [2.75, 3.05) is 11.1 Å². The van der Waals surface area contributed by atoms with Gasteiger partial charge in [-0.05, 0) is 28.1 Å². The molecule has 0 aliphatic rings. The molecule has 19 heavy (non-hydrogen) atoms. The average Bonchev–Trinajstić information content (AvgIpc) is 2.38. The zero-order chi connectivity index (χ0) is 14.0. The van der Waals surface area contributed by atoms with Crippen LogP contribution < -0.4 is 11.1 Å². The van der Waals surface area contributed by atoms with Gasteiger partial charge in [-0.3, -0.25) is 4.79 Å². The monoisotopic (exact) mass is 360 g/mol. The summed E-state index contributed by atoms with van der Waals surface area (Å²) in [6.07, 6.45) is 2.89. The standard InChI is InChI=1S/C11H7BrCl2N4O/c12-8-3-17-9(4-16-8)18-11(19)5-1-6(13)10(14)7(15)2-5/h1-4H,15H2,(H,17,18,19). The highest BCUT2D eigenvalue weighted by atomic mass is 79.9. The number of anilines is 2. The van der Waals surface area contributed by atoms with Crippen LogP contribution in [0.4, 0.5) is 11.5 Å². The van der Waals surface area contributed by atoms with Crippen molar-refractivity contribution in [3.63, 3.8) is 0 Å². The van der Waals surface area contributed by atoms with Gasteiger partial charge in [0.25, 0.3) is 5.91 Å². The first-order valence-electron chi connectivity index (χ1n) is 5.01. The second-order valence-corrected chi connectivity index (χ2v) is 5.14. The lowest BCUT2D eigenvalue weighted by Crippen LogP contribution is -2.13. The fraction of sp³-hybridized carbons (Fsp3) is 0. The van der Waals surface area contributed by atoms with E-state index in [0.29, 0.717) is 10.4 Å². The van der Waals surface area contributed by atoms with Gasteiger partial charge in [0.2, 0.25) is 0 Å². The summed E-state index contributed by atoms with van der Waals surface area (Å²) in [4.78, 5) is 19.9. The van der Waals surface area contributed by atoms with Gasteiger partial charge in [0, 0.05) is 5.56 Å². The second-order valence-electron chi connectivity index (χ2n) is 3.54. The van der Waals surface area contributed by atoms with Gasteiger partial charge >= 0.3 is 0 Å². The van der Waals surface area contributed by atoms with Crippen LogP contribution in [0.5, 0.6) is 0 Å². The van der Waals surface area contributed by atoms with E-state index in [9.17, 15) is 4.79 Å². The Bertz CT molecular complexity index is 610. The summed E-state index contributed by atoms with van der Waals surface area (Å²) in [5.41, 5.74) is 6.17. The minimum absolute atomic E-state index is 0.216. The topological polar surface area (TPSA) is 80.9 Å². The van der Waals surface area contributed by atoms with Crippen molar-refractivity contribution >= 4 is 56.5 Å². The van der Waals surface area contributed by atoms with Crippen molar-refractivity contribution in [1.29, 1.82) is 0 Å². The Morgan fingerprint density at radius 2 is 2.00 bits per heavy atom. The lowest BCUT2D eigenvalue weighted by atomic mass is 10.2. The van der Waals surface area contributed by atoms with Gasteiger partial charge in [0.15, 0.2) is 5.82 Å². The number of nitrogens with one attached hydrogen (secondary N) is 1. The van der Waals surface area contributed by atoms with Crippen LogP contribution in [0, 0.1) is 0 Å². The molecular formula is C11H7BrCl2N4O. The van der Waals surface area contributed by atoms with E-state index in [1.54, 1.807) is 0 Å². The Hall–Kier alpha value is -1.37. The molecule has 8 heteroatoms. The highest BCUT2D eigenvalue weighted by Gasteiger charge is 2.12. The van der Waals surface area contributed by atoms with E-state index in [-0.39, 0.29) is 21.3 Å². The Kier molecular flexibility index (Phi) is 4.24. The number of carbonyl (C=O) groups is 1.